The van der Waals surface area contributed by atoms with Crippen LogP contribution in [0, 0.1) is 0 Å². The van der Waals surface area contributed by atoms with Gasteiger partial charge in [-0.25, -0.2) is 0 Å². The third kappa shape index (κ3) is 2.98. The molecule has 0 aliphatic carbocycles. The lowest BCUT2D eigenvalue weighted by molar-refractivity contribution is -0.125. The van der Waals surface area contributed by atoms with E-state index in [1.54, 1.807) is 23.1 Å². The lowest BCUT2D eigenvalue weighted by atomic mass is 10.0. The zero-order valence-electron chi connectivity index (χ0n) is 12.2. The molecular formula is C15H16ClN3O3S. The monoisotopic (exact) mass is 353 g/mol. The molecule has 6 nitrogen and oxygen atoms in total. The number of aliphatic hydroxyl groups is 1. The minimum absolute atomic E-state index is 0.253. The summed E-state index contributed by atoms with van der Waals surface area (Å²) >= 11 is 10.3. The number of thiol groups is 1. The quantitative estimate of drug-likeness (QED) is 0.485. The number of nitrogens with zero attached hydrogens (tertiary/aromatic N) is 1. The number of anilines is 1. The molecule has 3 N–H and O–H groups in total. The molecule has 1 aromatic carbocycles. The standard InChI is InChI=1S/C15H16ClN3O3S/c16-12-8(4-3-5-9(12)23)17-13(20)11-14(21)18-10-6-1-2-7-19(10)15(11)22/h3-5,10,22-23H,1-2,6-7H2,(H,17,20)(H,18,21). The van der Waals surface area contributed by atoms with Crippen LogP contribution in [-0.2, 0) is 9.59 Å². The van der Waals surface area contributed by atoms with Gasteiger partial charge in [0.15, 0.2) is 5.57 Å². The zero-order chi connectivity index (χ0) is 16.6. The number of halogens is 1. The van der Waals surface area contributed by atoms with E-state index in [1.165, 1.54) is 0 Å². The summed E-state index contributed by atoms with van der Waals surface area (Å²) in [7, 11) is 0. The molecule has 1 fully saturated rings. The van der Waals surface area contributed by atoms with Crippen LogP contribution in [0.3, 0.4) is 0 Å². The number of hydrogen-bond acceptors (Lipinski definition) is 5. The van der Waals surface area contributed by atoms with Crippen LogP contribution in [0.1, 0.15) is 19.3 Å². The Labute approximate surface area is 143 Å². The summed E-state index contributed by atoms with van der Waals surface area (Å²) in [4.78, 5) is 26.8. The van der Waals surface area contributed by atoms with Crippen molar-refractivity contribution in [3.63, 3.8) is 0 Å². The van der Waals surface area contributed by atoms with Crippen LogP contribution in [0.5, 0.6) is 0 Å². The molecule has 0 radical (unpaired) electrons. The summed E-state index contributed by atoms with van der Waals surface area (Å²) in [5, 5.41) is 15.9. The summed E-state index contributed by atoms with van der Waals surface area (Å²) in [5.41, 5.74) is 0.0295. The number of benzene rings is 1. The second-order valence-corrected chi connectivity index (χ2v) is 6.33. The molecule has 2 amide bonds. The number of carbonyl (C=O) groups excluding carboxylic acids is 2. The average molecular weight is 354 g/mol. The van der Waals surface area contributed by atoms with Crippen molar-refractivity contribution in [1.29, 1.82) is 0 Å². The smallest absolute Gasteiger partial charge is 0.266 e. The molecule has 3 rings (SSSR count). The summed E-state index contributed by atoms with van der Waals surface area (Å²) < 4.78 is 0. The van der Waals surface area contributed by atoms with Crippen molar-refractivity contribution < 1.29 is 14.7 Å². The fourth-order valence-corrected chi connectivity index (χ4v) is 3.19. The van der Waals surface area contributed by atoms with Gasteiger partial charge in [0.05, 0.1) is 10.7 Å². The first kappa shape index (κ1) is 16.0. The number of carbonyl (C=O) groups is 2. The van der Waals surface area contributed by atoms with Crippen molar-refractivity contribution in [3.8, 4) is 0 Å². The molecule has 2 aliphatic rings. The molecule has 0 spiro atoms. The molecule has 1 saturated heterocycles. The van der Waals surface area contributed by atoms with Gasteiger partial charge in [-0.1, -0.05) is 17.7 Å². The van der Waals surface area contributed by atoms with Gasteiger partial charge in [0.2, 0.25) is 5.88 Å². The van der Waals surface area contributed by atoms with Crippen molar-refractivity contribution in [2.45, 2.75) is 30.3 Å². The Hall–Kier alpha value is -1.86. The van der Waals surface area contributed by atoms with E-state index in [0.717, 1.165) is 19.3 Å². The average Bonchev–Trinajstić information content (AvgIpc) is 2.52. The number of nitrogens with one attached hydrogen (secondary N) is 2. The maximum atomic E-state index is 12.4. The van der Waals surface area contributed by atoms with Crippen molar-refractivity contribution in [2.24, 2.45) is 0 Å². The van der Waals surface area contributed by atoms with Gasteiger partial charge < -0.3 is 20.6 Å². The fraction of sp³-hybridized carbons (Fsp3) is 0.333. The van der Waals surface area contributed by atoms with Crippen molar-refractivity contribution in [3.05, 3.63) is 34.7 Å². The Morgan fingerprint density at radius 1 is 1.43 bits per heavy atom. The fourth-order valence-electron chi connectivity index (χ4n) is 2.81. The van der Waals surface area contributed by atoms with E-state index in [1.807, 2.05) is 0 Å². The van der Waals surface area contributed by atoms with Crippen LogP contribution < -0.4 is 10.6 Å². The van der Waals surface area contributed by atoms with Gasteiger partial charge in [0.25, 0.3) is 11.8 Å². The van der Waals surface area contributed by atoms with Gasteiger partial charge in [-0.15, -0.1) is 12.6 Å². The second kappa shape index (κ2) is 6.33. The van der Waals surface area contributed by atoms with Crippen molar-refractivity contribution in [2.75, 3.05) is 11.9 Å². The third-order valence-electron chi connectivity index (χ3n) is 3.98. The summed E-state index contributed by atoms with van der Waals surface area (Å²) in [6, 6.07) is 4.96. The number of fused-ring (bicyclic) bond motifs is 1. The first-order valence-electron chi connectivity index (χ1n) is 7.28. The Morgan fingerprint density at radius 3 is 3.00 bits per heavy atom. The van der Waals surface area contributed by atoms with Gasteiger partial charge >= 0.3 is 0 Å². The molecule has 0 aromatic heterocycles. The van der Waals surface area contributed by atoms with Crippen molar-refractivity contribution >= 4 is 41.7 Å². The normalized spacial score (nSPS) is 20.9. The molecule has 1 unspecified atom stereocenters. The van der Waals surface area contributed by atoms with Gasteiger partial charge in [-0.2, -0.15) is 0 Å². The topological polar surface area (TPSA) is 81.7 Å². The third-order valence-corrected chi connectivity index (χ3v) is 4.89. The molecular weight excluding hydrogens is 338 g/mol. The highest BCUT2D eigenvalue weighted by Crippen LogP contribution is 2.30. The number of amides is 2. The van der Waals surface area contributed by atoms with E-state index in [0.29, 0.717) is 17.1 Å². The van der Waals surface area contributed by atoms with E-state index in [4.69, 9.17) is 11.6 Å². The van der Waals surface area contributed by atoms with E-state index in [-0.39, 0.29) is 22.6 Å². The van der Waals surface area contributed by atoms with E-state index in [2.05, 4.69) is 23.3 Å². The van der Waals surface area contributed by atoms with Gasteiger partial charge in [0, 0.05) is 11.4 Å². The molecule has 1 aromatic rings. The SMILES string of the molecule is O=C(Nc1cccc(S)c1Cl)C1=C(O)N2CCCCC2NC1=O. The van der Waals surface area contributed by atoms with Crippen molar-refractivity contribution in [1.82, 2.24) is 10.2 Å². The Morgan fingerprint density at radius 2 is 2.22 bits per heavy atom. The predicted molar refractivity (Wildman–Crippen MR) is 89.5 cm³/mol. The van der Waals surface area contributed by atoms with Crippen LogP contribution in [-0.4, -0.2) is 34.5 Å². The Kier molecular flexibility index (Phi) is 4.41. The first-order chi connectivity index (χ1) is 11.0. The number of piperidine rings is 1. The minimum Gasteiger partial charge on any atom is -0.494 e. The molecule has 2 heterocycles. The van der Waals surface area contributed by atoms with Crippen LogP contribution >= 0.6 is 24.2 Å². The minimum atomic E-state index is -0.704. The second-order valence-electron chi connectivity index (χ2n) is 5.47. The molecule has 0 saturated carbocycles. The largest absolute Gasteiger partial charge is 0.494 e. The maximum absolute atomic E-state index is 12.4. The number of aliphatic hydroxyl groups excluding tert-OH is 1. The molecule has 122 valence electrons. The van der Waals surface area contributed by atoms with Gasteiger partial charge in [-0.05, 0) is 31.4 Å². The lowest BCUT2D eigenvalue weighted by Gasteiger charge is -2.40. The molecule has 1 atom stereocenters. The first-order valence-corrected chi connectivity index (χ1v) is 8.11. The Balaban J connectivity index is 1.88. The van der Waals surface area contributed by atoms with Crippen LogP contribution in [0.15, 0.2) is 34.6 Å². The van der Waals surface area contributed by atoms with E-state index < -0.39 is 11.8 Å². The lowest BCUT2D eigenvalue weighted by Crippen LogP contribution is -2.56. The Bertz CT molecular complexity index is 707. The molecule has 2 aliphatic heterocycles. The molecule has 23 heavy (non-hydrogen) atoms. The highest BCUT2D eigenvalue weighted by molar-refractivity contribution is 7.80. The summed E-state index contributed by atoms with van der Waals surface area (Å²) in [6.07, 6.45) is 2.37. The van der Waals surface area contributed by atoms with Crippen LogP contribution in [0.2, 0.25) is 5.02 Å². The zero-order valence-corrected chi connectivity index (χ0v) is 13.8. The number of hydrogen-bond donors (Lipinski definition) is 4. The summed E-state index contributed by atoms with van der Waals surface area (Å²) in [6.45, 7) is 0.598. The van der Waals surface area contributed by atoms with E-state index >= 15 is 0 Å². The van der Waals surface area contributed by atoms with Crippen LogP contribution in [0.4, 0.5) is 5.69 Å². The van der Waals surface area contributed by atoms with Crippen LogP contribution in [0.25, 0.3) is 0 Å². The predicted octanol–water partition coefficient (Wildman–Crippen LogP) is 2.28. The van der Waals surface area contributed by atoms with Gasteiger partial charge in [-0.3, -0.25) is 9.59 Å². The van der Waals surface area contributed by atoms with Gasteiger partial charge in [0.1, 0.15) is 6.17 Å². The van der Waals surface area contributed by atoms with E-state index in [9.17, 15) is 14.7 Å². The maximum Gasteiger partial charge on any atom is 0.266 e. The molecule has 0 bridgehead atoms. The summed E-state index contributed by atoms with van der Waals surface area (Å²) in [5.74, 6) is -1.57. The highest BCUT2D eigenvalue weighted by atomic mass is 35.5. The molecule has 8 heteroatoms. The highest BCUT2D eigenvalue weighted by Gasteiger charge is 2.37. The number of rotatable bonds is 2.